The Morgan fingerprint density at radius 3 is 2.64 bits per heavy atom. The molecular formula is C17H21NO3S. The number of carbonyl (C=O) groups is 2. The molecule has 1 N–H and O–H groups in total. The zero-order chi connectivity index (χ0) is 15.5. The molecule has 1 aliphatic heterocycles. The molecule has 1 saturated carbocycles. The Hall–Kier alpha value is -1.49. The summed E-state index contributed by atoms with van der Waals surface area (Å²) in [6, 6.07) is 9.29. The van der Waals surface area contributed by atoms with Crippen molar-refractivity contribution in [3.8, 4) is 0 Å². The first-order chi connectivity index (χ1) is 10.7. The maximum Gasteiger partial charge on any atom is 0.326 e. The first kappa shape index (κ1) is 15.4. The second-order valence-corrected chi connectivity index (χ2v) is 7.15. The van der Waals surface area contributed by atoms with E-state index in [-0.39, 0.29) is 11.9 Å². The molecule has 3 unspecified atom stereocenters. The number of carboxylic acid groups (broad SMARTS) is 1. The number of thioether (sulfide) groups is 1. The molecule has 5 heteroatoms. The van der Waals surface area contributed by atoms with Crippen LogP contribution in [-0.2, 0) is 9.59 Å². The highest BCUT2D eigenvalue weighted by atomic mass is 32.2. The number of benzene rings is 1. The van der Waals surface area contributed by atoms with Gasteiger partial charge in [-0.25, -0.2) is 4.79 Å². The molecule has 1 amide bonds. The number of fused-ring (bicyclic) bond motifs is 1. The van der Waals surface area contributed by atoms with E-state index in [1.165, 1.54) is 11.8 Å². The summed E-state index contributed by atoms with van der Waals surface area (Å²) in [5.74, 6) is -0.194. The fourth-order valence-electron chi connectivity index (χ4n) is 3.78. The Balaban J connectivity index is 1.69. The highest BCUT2D eigenvalue weighted by Crippen LogP contribution is 2.40. The van der Waals surface area contributed by atoms with Gasteiger partial charge >= 0.3 is 5.97 Å². The van der Waals surface area contributed by atoms with Crippen LogP contribution in [0.2, 0.25) is 0 Å². The average Bonchev–Trinajstić information content (AvgIpc) is 2.93. The molecule has 0 radical (unpaired) electrons. The number of hydrogen-bond donors (Lipinski definition) is 1. The van der Waals surface area contributed by atoms with Gasteiger partial charge in [0.25, 0.3) is 0 Å². The second-order valence-electron chi connectivity index (χ2n) is 6.10. The minimum Gasteiger partial charge on any atom is -0.480 e. The molecule has 4 nitrogen and oxygen atoms in total. The molecular weight excluding hydrogens is 298 g/mol. The van der Waals surface area contributed by atoms with Crippen molar-refractivity contribution in [3.05, 3.63) is 30.3 Å². The normalized spacial score (nSPS) is 27.5. The minimum absolute atomic E-state index is 0.0318. The molecule has 1 aromatic rings. The van der Waals surface area contributed by atoms with E-state index in [0.717, 1.165) is 30.6 Å². The van der Waals surface area contributed by atoms with E-state index in [4.69, 9.17) is 0 Å². The average molecular weight is 319 g/mol. The molecule has 2 fully saturated rings. The molecule has 3 atom stereocenters. The zero-order valence-corrected chi connectivity index (χ0v) is 13.3. The van der Waals surface area contributed by atoms with Crippen LogP contribution in [0, 0.1) is 5.92 Å². The van der Waals surface area contributed by atoms with Crippen LogP contribution >= 0.6 is 11.8 Å². The van der Waals surface area contributed by atoms with Crippen LogP contribution < -0.4 is 0 Å². The number of rotatable bonds is 4. The van der Waals surface area contributed by atoms with Crippen molar-refractivity contribution in [2.45, 2.75) is 49.1 Å². The first-order valence-corrected chi connectivity index (χ1v) is 8.87. The fraction of sp³-hybridized carbons (Fsp3) is 0.529. The van der Waals surface area contributed by atoms with Gasteiger partial charge in [-0.1, -0.05) is 31.0 Å². The number of aliphatic carboxylic acids is 1. The van der Waals surface area contributed by atoms with Gasteiger partial charge < -0.3 is 10.0 Å². The lowest BCUT2D eigenvalue weighted by Gasteiger charge is -2.33. The SMILES string of the molecule is O=C(O)C1CC2CCCCC2N1C(=O)CSc1ccccc1. The van der Waals surface area contributed by atoms with Crippen LogP contribution in [0.15, 0.2) is 35.2 Å². The first-order valence-electron chi connectivity index (χ1n) is 7.88. The Labute approximate surface area is 134 Å². The van der Waals surface area contributed by atoms with Crippen molar-refractivity contribution in [2.75, 3.05) is 5.75 Å². The van der Waals surface area contributed by atoms with Gasteiger partial charge in [-0.15, -0.1) is 11.8 Å². The molecule has 2 aliphatic rings. The summed E-state index contributed by atoms with van der Waals surface area (Å²) >= 11 is 1.48. The number of hydrogen-bond acceptors (Lipinski definition) is 3. The number of likely N-dealkylation sites (tertiary alicyclic amines) is 1. The third-order valence-electron chi connectivity index (χ3n) is 4.77. The van der Waals surface area contributed by atoms with Crippen molar-refractivity contribution >= 4 is 23.6 Å². The van der Waals surface area contributed by atoms with E-state index in [1.54, 1.807) is 4.90 Å². The second kappa shape index (κ2) is 6.73. The van der Waals surface area contributed by atoms with Gasteiger partial charge in [0.1, 0.15) is 6.04 Å². The number of carbonyl (C=O) groups excluding carboxylic acids is 1. The van der Waals surface area contributed by atoms with Crippen molar-refractivity contribution in [2.24, 2.45) is 5.92 Å². The molecule has 1 saturated heterocycles. The molecule has 1 aromatic carbocycles. The zero-order valence-electron chi connectivity index (χ0n) is 12.5. The van der Waals surface area contributed by atoms with Crippen molar-refractivity contribution < 1.29 is 14.7 Å². The van der Waals surface area contributed by atoms with E-state index >= 15 is 0 Å². The third kappa shape index (κ3) is 3.14. The summed E-state index contributed by atoms with van der Waals surface area (Å²) in [5, 5.41) is 9.46. The molecule has 1 heterocycles. The summed E-state index contributed by atoms with van der Waals surface area (Å²) < 4.78 is 0. The summed E-state index contributed by atoms with van der Waals surface area (Å²) in [7, 11) is 0. The van der Waals surface area contributed by atoms with Gasteiger partial charge in [-0.3, -0.25) is 4.79 Å². The summed E-state index contributed by atoms with van der Waals surface area (Å²) in [6.45, 7) is 0. The summed E-state index contributed by atoms with van der Waals surface area (Å²) in [4.78, 5) is 26.9. The van der Waals surface area contributed by atoms with Gasteiger partial charge in [0, 0.05) is 10.9 Å². The fourth-order valence-corrected chi connectivity index (χ4v) is 4.56. The van der Waals surface area contributed by atoms with Crippen molar-refractivity contribution in [1.29, 1.82) is 0 Å². The predicted molar refractivity (Wildman–Crippen MR) is 85.8 cm³/mol. The van der Waals surface area contributed by atoms with E-state index < -0.39 is 12.0 Å². The van der Waals surface area contributed by atoms with Crippen molar-refractivity contribution in [3.63, 3.8) is 0 Å². The van der Waals surface area contributed by atoms with Crippen LogP contribution in [0.4, 0.5) is 0 Å². The van der Waals surface area contributed by atoms with E-state index in [2.05, 4.69) is 0 Å². The number of nitrogens with zero attached hydrogens (tertiary/aromatic N) is 1. The molecule has 1 aliphatic carbocycles. The Kier molecular flexibility index (Phi) is 4.71. The molecule has 3 rings (SSSR count). The Bertz CT molecular complexity index is 548. The largest absolute Gasteiger partial charge is 0.480 e. The third-order valence-corrected chi connectivity index (χ3v) is 5.76. The molecule has 0 bridgehead atoms. The van der Waals surface area contributed by atoms with Gasteiger partial charge in [0.05, 0.1) is 5.75 Å². The van der Waals surface area contributed by atoms with Gasteiger partial charge in [0.15, 0.2) is 0 Å². The van der Waals surface area contributed by atoms with Gasteiger partial charge in [-0.2, -0.15) is 0 Å². The number of carboxylic acids is 1. The van der Waals surface area contributed by atoms with Crippen LogP contribution in [0.25, 0.3) is 0 Å². The standard InChI is InChI=1S/C17H21NO3S/c19-16(11-22-13-7-2-1-3-8-13)18-14-9-5-4-6-12(14)10-15(18)17(20)21/h1-3,7-8,12,14-15H,4-6,9-11H2,(H,20,21). The lowest BCUT2D eigenvalue weighted by Crippen LogP contribution is -2.47. The topological polar surface area (TPSA) is 57.6 Å². The van der Waals surface area contributed by atoms with Gasteiger partial charge in [0.2, 0.25) is 5.91 Å². The lowest BCUT2D eigenvalue weighted by atomic mass is 9.85. The van der Waals surface area contributed by atoms with Gasteiger partial charge in [-0.05, 0) is 37.3 Å². The monoisotopic (exact) mass is 319 g/mol. The molecule has 0 spiro atoms. The van der Waals surface area contributed by atoms with E-state index in [0.29, 0.717) is 18.1 Å². The quantitative estimate of drug-likeness (QED) is 0.867. The van der Waals surface area contributed by atoms with Crippen LogP contribution in [0.1, 0.15) is 32.1 Å². The lowest BCUT2D eigenvalue weighted by molar-refractivity contribution is -0.148. The molecule has 22 heavy (non-hydrogen) atoms. The smallest absolute Gasteiger partial charge is 0.326 e. The highest BCUT2D eigenvalue weighted by Gasteiger charge is 2.47. The summed E-state index contributed by atoms with van der Waals surface area (Å²) in [5.41, 5.74) is 0. The minimum atomic E-state index is -0.854. The Morgan fingerprint density at radius 2 is 1.91 bits per heavy atom. The maximum atomic E-state index is 12.6. The highest BCUT2D eigenvalue weighted by molar-refractivity contribution is 8.00. The van der Waals surface area contributed by atoms with E-state index in [9.17, 15) is 14.7 Å². The van der Waals surface area contributed by atoms with Crippen LogP contribution in [0.5, 0.6) is 0 Å². The Morgan fingerprint density at radius 1 is 1.18 bits per heavy atom. The molecule has 118 valence electrons. The molecule has 0 aromatic heterocycles. The van der Waals surface area contributed by atoms with Crippen molar-refractivity contribution in [1.82, 2.24) is 4.90 Å². The number of amides is 1. The predicted octanol–water partition coefficient (Wildman–Crippen LogP) is 3.02. The summed E-state index contributed by atoms with van der Waals surface area (Å²) in [6.07, 6.45) is 4.90. The maximum absolute atomic E-state index is 12.6. The van der Waals surface area contributed by atoms with Crippen LogP contribution in [-0.4, -0.2) is 39.7 Å². The van der Waals surface area contributed by atoms with E-state index in [1.807, 2.05) is 30.3 Å². The van der Waals surface area contributed by atoms with Crippen LogP contribution in [0.3, 0.4) is 0 Å².